The van der Waals surface area contributed by atoms with Gasteiger partial charge < -0.3 is 10.1 Å². The molecule has 1 amide bonds. The molecule has 0 aliphatic heterocycles. The highest BCUT2D eigenvalue weighted by Gasteiger charge is 2.02. The maximum Gasteiger partial charge on any atom is 0.305 e. The van der Waals surface area contributed by atoms with Crippen molar-refractivity contribution in [1.82, 2.24) is 5.32 Å². The van der Waals surface area contributed by atoms with Gasteiger partial charge in [-0.25, -0.2) is 0 Å². The number of hydrogen-bond donors (Lipinski definition) is 1. The van der Waals surface area contributed by atoms with Crippen LogP contribution in [0.15, 0.2) is 24.3 Å². The third-order valence-corrected chi connectivity index (χ3v) is 4.11. The quantitative estimate of drug-likeness (QED) is 0.361. The zero-order valence-corrected chi connectivity index (χ0v) is 15.2. The molecule has 1 N–H and O–H groups in total. The summed E-state index contributed by atoms with van der Waals surface area (Å²) in [6.07, 6.45) is 5.47. The minimum Gasteiger partial charge on any atom is -0.469 e. The highest BCUT2D eigenvalue weighted by atomic mass is 127. The fourth-order valence-corrected chi connectivity index (χ4v) is 2.45. The summed E-state index contributed by atoms with van der Waals surface area (Å²) in [6, 6.07) is 8.40. The standard InChI is InChI=1S/C17H24INO3/c1-22-17(21)8-3-2-4-13-19-16(20)7-5-6-14-9-11-15(18)12-10-14/h9-12H,2-8,13H2,1H3,(H,19,20). The molecule has 0 aliphatic rings. The van der Waals surface area contributed by atoms with Crippen molar-refractivity contribution in [3.05, 3.63) is 33.4 Å². The van der Waals surface area contributed by atoms with Crippen LogP contribution in [0.2, 0.25) is 0 Å². The Bertz CT molecular complexity index is 459. The van der Waals surface area contributed by atoms with Crippen LogP contribution in [0.1, 0.15) is 44.1 Å². The third kappa shape index (κ3) is 9.02. The van der Waals surface area contributed by atoms with E-state index in [0.717, 1.165) is 32.1 Å². The number of carbonyl (C=O) groups is 2. The molecule has 22 heavy (non-hydrogen) atoms. The van der Waals surface area contributed by atoms with Gasteiger partial charge in [0.1, 0.15) is 0 Å². The molecule has 0 spiro atoms. The lowest BCUT2D eigenvalue weighted by Crippen LogP contribution is -2.24. The Morgan fingerprint density at radius 1 is 1.05 bits per heavy atom. The molecule has 0 unspecified atom stereocenters. The van der Waals surface area contributed by atoms with Crippen molar-refractivity contribution in [2.75, 3.05) is 13.7 Å². The van der Waals surface area contributed by atoms with Crippen LogP contribution in [0.25, 0.3) is 0 Å². The van der Waals surface area contributed by atoms with Crippen molar-refractivity contribution < 1.29 is 14.3 Å². The van der Waals surface area contributed by atoms with Gasteiger partial charge in [0.05, 0.1) is 7.11 Å². The van der Waals surface area contributed by atoms with E-state index in [1.807, 2.05) is 0 Å². The minimum absolute atomic E-state index is 0.110. The van der Waals surface area contributed by atoms with Gasteiger partial charge in [-0.3, -0.25) is 9.59 Å². The summed E-state index contributed by atoms with van der Waals surface area (Å²) < 4.78 is 5.80. The fraction of sp³-hybridized carbons (Fsp3) is 0.529. The van der Waals surface area contributed by atoms with Crippen molar-refractivity contribution in [3.63, 3.8) is 0 Å². The molecule has 122 valence electrons. The highest BCUT2D eigenvalue weighted by molar-refractivity contribution is 14.1. The Kier molecular flexibility index (Phi) is 9.86. The SMILES string of the molecule is COC(=O)CCCCCNC(=O)CCCc1ccc(I)cc1. The summed E-state index contributed by atoms with van der Waals surface area (Å²) in [7, 11) is 1.40. The summed E-state index contributed by atoms with van der Waals surface area (Å²) in [5, 5.41) is 2.92. The first-order valence-corrected chi connectivity index (χ1v) is 8.77. The van der Waals surface area contributed by atoms with E-state index < -0.39 is 0 Å². The number of hydrogen-bond acceptors (Lipinski definition) is 3. The molecular formula is C17H24INO3. The Hall–Kier alpha value is -1.11. The number of ether oxygens (including phenoxy) is 1. The second-order valence-corrected chi connectivity index (χ2v) is 6.46. The van der Waals surface area contributed by atoms with Gasteiger partial charge >= 0.3 is 5.97 Å². The number of carbonyl (C=O) groups excluding carboxylic acids is 2. The summed E-state index contributed by atoms with van der Waals surface area (Å²) in [4.78, 5) is 22.6. The molecule has 0 radical (unpaired) electrons. The van der Waals surface area contributed by atoms with E-state index in [1.165, 1.54) is 16.2 Å². The first-order valence-electron chi connectivity index (χ1n) is 7.70. The number of aryl methyl sites for hydroxylation is 1. The third-order valence-electron chi connectivity index (χ3n) is 3.39. The van der Waals surface area contributed by atoms with Gasteiger partial charge in [-0.2, -0.15) is 0 Å². The van der Waals surface area contributed by atoms with E-state index >= 15 is 0 Å². The number of benzene rings is 1. The summed E-state index contributed by atoms with van der Waals surface area (Å²) in [6.45, 7) is 0.684. The first kappa shape index (κ1) is 18.9. The van der Waals surface area contributed by atoms with E-state index in [2.05, 4.69) is 56.9 Å². The van der Waals surface area contributed by atoms with Crippen LogP contribution in [-0.2, 0) is 20.7 Å². The molecule has 1 aromatic rings. The van der Waals surface area contributed by atoms with E-state index in [1.54, 1.807) is 0 Å². The van der Waals surface area contributed by atoms with E-state index in [-0.39, 0.29) is 11.9 Å². The molecular weight excluding hydrogens is 393 g/mol. The second-order valence-electron chi connectivity index (χ2n) is 5.22. The number of methoxy groups -OCH3 is 1. The van der Waals surface area contributed by atoms with Gasteiger partial charge in [-0.1, -0.05) is 18.6 Å². The Morgan fingerprint density at radius 2 is 1.77 bits per heavy atom. The summed E-state index contributed by atoms with van der Waals surface area (Å²) >= 11 is 2.29. The monoisotopic (exact) mass is 417 g/mol. The van der Waals surface area contributed by atoms with Crippen molar-refractivity contribution in [2.45, 2.75) is 44.9 Å². The normalized spacial score (nSPS) is 10.3. The smallest absolute Gasteiger partial charge is 0.305 e. The largest absolute Gasteiger partial charge is 0.469 e. The average Bonchev–Trinajstić information content (AvgIpc) is 2.52. The number of esters is 1. The van der Waals surface area contributed by atoms with Crippen LogP contribution in [0.3, 0.4) is 0 Å². The van der Waals surface area contributed by atoms with Gasteiger partial charge in [0, 0.05) is 23.0 Å². The first-order chi connectivity index (χ1) is 10.6. The van der Waals surface area contributed by atoms with E-state index in [4.69, 9.17) is 0 Å². The Labute approximate surface area is 146 Å². The van der Waals surface area contributed by atoms with Crippen LogP contribution in [0, 0.1) is 3.57 Å². The predicted molar refractivity (Wildman–Crippen MR) is 95.6 cm³/mol. The van der Waals surface area contributed by atoms with E-state index in [0.29, 0.717) is 19.4 Å². The van der Waals surface area contributed by atoms with Crippen molar-refractivity contribution >= 4 is 34.5 Å². The molecule has 1 rings (SSSR count). The molecule has 0 saturated heterocycles. The topological polar surface area (TPSA) is 55.4 Å². The second kappa shape index (κ2) is 11.5. The van der Waals surface area contributed by atoms with Crippen LogP contribution >= 0.6 is 22.6 Å². The van der Waals surface area contributed by atoms with Crippen LogP contribution in [0.5, 0.6) is 0 Å². The summed E-state index contributed by atoms with van der Waals surface area (Å²) in [5.74, 6) is -0.0573. The minimum atomic E-state index is -0.167. The lowest BCUT2D eigenvalue weighted by atomic mass is 10.1. The highest BCUT2D eigenvalue weighted by Crippen LogP contribution is 2.09. The lowest BCUT2D eigenvalue weighted by Gasteiger charge is -2.05. The number of nitrogens with one attached hydrogen (secondary N) is 1. The zero-order chi connectivity index (χ0) is 16.2. The fourth-order valence-electron chi connectivity index (χ4n) is 2.09. The number of unbranched alkanes of at least 4 members (excludes halogenated alkanes) is 2. The maximum atomic E-state index is 11.7. The van der Waals surface area contributed by atoms with Gasteiger partial charge in [-0.05, 0) is 66.0 Å². The molecule has 0 aromatic heterocycles. The summed E-state index contributed by atoms with van der Waals surface area (Å²) in [5.41, 5.74) is 1.27. The Morgan fingerprint density at radius 3 is 2.45 bits per heavy atom. The number of amides is 1. The molecule has 0 fully saturated rings. The Balaban J connectivity index is 1.99. The maximum absolute atomic E-state index is 11.7. The molecule has 0 heterocycles. The molecule has 0 saturated carbocycles. The zero-order valence-electron chi connectivity index (χ0n) is 13.1. The molecule has 0 bridgehead atoms. The molecule has 5 heteroatoms. The van der Waals surface area contributed by atoms with Gasteiger partial charge in [-0.15, -0.1) is 0 Å². The predicted octanol–water partition coefficient (Wildman–Crippen LogP) is 3.46. The van der Waals surface area contributed by atoms with E-state index in [9.17, 15) is 9.59 Å². The number of rotatable bonds is 10. The van der Waals surface area contributed by atoms with Gasteiger partial charge in [0.25, 0.3) is 0 Å². The van der Waals surface area contributed by atoms with Gasteiger partial charge in [0.2, 0.25) is 5.91 Å². The molecule has 0 aliphatic carbocycles. The van der Waals surface area contributed by atoms with Crippen molar-refractivity contribution in [2.24, 2.45) is 0 Å². The van der Waals surface area contributed by atoms with Gasteiger partial charge in [0.15, 0.2) is 0 Å². The number of halogens is 1. The van der Waals surface area contributed by atoms with Crippen LogP contribution in [0.4, 0.5) is 0 Å². The van der Waals surface area contributed by atoms with Crippen LogP contribution in [-0.4, -0.2) is 25.5 Å². The van der Waals surface area contributed by atoms with Crippen molar-refractivity contribution in [3.8, 4) is 0 Å². The van der Waals surface area contributed by atoms with Crippen LogP contribution < -0.4 is 5.32 Å². The average molecular weight is 417 g/mol. The van der Waals surface area contributed by atoms with Crippen molar-refractivity contribution in [1.29, 1.82) is 0 Å². The molecule has 0 atom stereocenters. The lowest BCUT2D eigenvalue weighted by molar-refractivity contribution is -0.140. The molecule has 1 aromatic carbocycles. The molecule has 4 nitrogen and oxygen atoms in total.